The summed E-state index contributed by atoms with van der Waals surface area (Å²) in [6, 6.07) is 1.25. The number of nitrogens with two attached hydrogens (primary N) is 1. The maximum absolute atomic E-state index is 14.4. The standard InChI is InChI=1S/C14H19FN4O4S/c15-12-5-9(19-8-10(6-16)23-14(19)20)7-17-13(12)18-3-1-11(2-4-18)24(21)22/h5,7,10-11H,1-4,6,8,16H2,(H,21,22)/t10-/m0/s1. The molecule has 0 radical (unpaired) electrons. The Morgan fingerprint density at radius 2 is 2.17 bits per heavy atom. The summed E-state index contributed by atoms with van der Waals surface area (Å²) in [5.41, 5.74) is 5.80. The van der Waals surface area contributed by atoms with Crippen LogP contribution in [0.5, 0.6) is 0 Å². The molecule has 24 heavy (non-hydrogen) atoms. The van der Waals surface area contributed by atoms with Crippen LogP contribution in [0.2, 0.25) is 0 Å². The average molecular weight is 358 g/mol. The van der Waals surface area contributed by atoms with Gasteiger partial charge in [-0.2, -0.15) is 0 Å². The molecular formula is C14H19FN4O4S. The Bertz CT molecular complexity index is 654. The van der Waals surface area contributed by atoms with E-state index in [0.29, 0.717) is 31.6 Å². The van der Waals surface area contributed by atoms with Crippen LogP contribution in [-0.4, -0.2) is 57.4 Å². The van der Waals surface area contributed by atoms with Crippen LogP contribution in [-0.2, 0) is 15.8 Å². The zero-order valence-corrected chi connectivity index (χ0v) is 13.7. The Morgan fingerprint density at radius 1 is 1.46 bits per heavy atom. The summed E-state index contributed by atoms with van der Waals surface area (Å²) in [6.07, 6.45) is 1.46. The molecule has 0 aliphatic carbocycles. The number of piperidine rings is 1. The molecule has 0 bridgehead atoms. The third-order valence-corrected chi connectivity index (χ3v) is 5.32. The lowest BCUT2D eigenvalue weighted by atomic mass is 10.1. The predicted octanol–water partition coefficient (Wildman–Crippen LogP) is 0.695. The van der Waals surface area contributed by atoms with Crippen LogP contribution < -0.4 is 15.5 Å². The monoisotopic (exact) mass is 358 g/mol. The molecule has 1 unspecified atom stereocenters. The number of rotatable bonds is 4. The number of carbonyl (C=O) groups excluding carboxylic acids is 1. The van der Waals surface area contributed by atoms with Crippen molar-refractivity contribution in [3.63, 3.8) is 0 Å². The van der Waals surface area contributed by atoms with Gasteiger partial charge in [-0.1, -0.05) is 0 Å². The van der Waals surface area contributed by atoms with Crippen LogP contribution in [0, 0.1) is 5.82 Å². The molecule has 0 aromatic carbocycles. The van der Waals surface area contributed by atoms with Gasteiger partial charge in [0, 0.05) is 25.7 Å². The van der Waals surface area contributed by atoms with E-state index < -0.39 is 29.1 Å². The van der Waals surface area contributed by atoms with Crippen LogP contribution >= 0.6 is 0 Å². The van der Waals surface area contributed by atoms with E-state index in [-0.39, 0.29) is 24.2 Å². The third-order valence-electron chi connectivity index (χ3n) is 4.28. The largest absolute Gasteiger partial charge is 0.443 e. The van der Waals surface area contributed by atoms with E-state index in [0.717, 1.165) is 0 Å². The van der Waals surface area contributed by atoms with Gasteiger partial charge in [0.1, 0.15) is 6.10 Å². The van der Waals surface area contributed by atoms with Gasteiger partial charge in [0.25, 0.3) is 0 Å². The van der Waals surface area contributed by atoms with Gasteiger partial charge in [-0.15, -0.1) is 0 Å². The van der Waals surface area contributed by atoms with Crippen molar-refractivity contribution >= 4 is 28.7 Å². The summed E-state index contributed by atoms with van der Waals surface area (Å²) in [7, 11) is 0. The summed E-state index contributed by atoms with van der Waals surface area (Å²) in [6.45, 7) is 1.39. The quantitative estimate of drug-likeness (QED) is 0.762. The second-order valence-electron chi connectivity index (χ2n) is 5.81. The highest BCUT2D eigenvalue weighted by Gasteiger charge is 2.32. The fourth-order valence-corrected chi connectivity index (χ4v) is 3.54. The van der Waals surface area contributed by atoms with Gasteiger partial charge in [0.05, 0.1) is 23.7 Å². The molecule has 1 aromatic rings. The molecule has 1 amide bonds. The number of aromatic nitrogens is 1. The van der Waals surface area contributed by atoms with Crippen molar-refractivity contribution in [3.8, 4) is 0 Å². The van der Waals surface area contributed by atoms with Gasteiger partial charge in [0.2, 0.25) is 0 Å². The first-order valence-corrected chi connectivity index (χ1v) is 8.85. The first-order chi connectivity index (χ1) is 11.5. The van der Waals surface area contributed by atoms with Crippen LogP contribution in [0.4, 0.5) is 20.7 Å². The number of pyridine rings is 1. The Kier molecular flexibility index (Phi) is 4.97. The van der Waals surface area contributed by atoms with Crippen molar-refractivity contribution in [1.29, 1.82) is 0 Å². The zero-order valence-electron chi connectivity index (χ0n) is 12.9. The van der Waals surface area contributed by atoms with E-state index in [1.165, 1.54) is 17.2 Å². The fourth-order valence-electron chi connectivity index (χ4n) is 2.93. The topological polar surface area (TPSA) is 109 Å². The lowest BCUT2D eigenvalue weighted by Crippen LogP contribution is -2.38. The highest BCUT2D eigenvalue weighted by Crippen LogP contribution is 2.27. The number of amides is 1. The minimum absolute atomic E-state index is 0.184. The molecule has 132 valence electrons. The van der Waals surface area contributed by atoms with E-state index in [9.17, 15) is 13.4 Å². The van der Waals surface area contributed by atoms with Gasteiger partial charge in [-0.25, -0.2) is 18.4 Å². The molecule has 3 N–H and O–H groups in total. The predicted molar refractivity (Wildman–Crippen MR) is 86.9 cm³/mol. The van der Waals surface area contributed by atoms with Crippen LogP contribution in [0.15, 0.2) is 12.3 Å². The maximum atomic E-state index is 14.4. The van der Waals surface area contributed by atoms with Gasteiger partial charge in [-0.3, -0.25) is 4.90 Å². The molecule has 10 heteroatoms. The van der Waals surface area contributed by atoms with Crippen molar-refractivity contribution in [3.05, 3.63) is 18.1 Å². The molecule has 3 heterocycles. The summed E-state index contributed by atoms with van der Waals surface area (Å²) < 4.78 is 39.7. The zero-order chi connectivity index (χ0) is 17.3. The number of nitrogens with zero attached hydrogens (tertiary/aromatic N) is 3. The lowest BCUT2D eigenvalue weighted by Gasteiger charge is -2.31. The van der Waals surface area contributed by atoms with Crippen molar-refractivity contribution in [1.82, 2.24) is 4.98 Å². The smallest absolute Gasteiger partial charge is 0.414 e. The second-order valence-corrected chi connectivity index (χ2v) is 7.03. The fraction of sp³-hybridized carbons (Fsp3) is 0.571. The van der Waals surface area contributed by atoms with E-state index in [4.69, 9.17) is 15.0 Å². The van der Waals surface area contributed by atoms with E-state index in [2.05, 4.69) is 4.98 Å². The van der Waals surface area contributed by atoms with Crippen molar-refractivity contribution < 1.29 is 22.7 Å². The first kappa shape index (κ1) is 17.1. The summed E-state index contributed by atoms with van der Waals surface area (Å²) >= 11 is -1.85. The Morgan fingerprint density at radius 3 is 2.71 bits per heavy atom. The van der Waals surface area contributed by atoms with Crippen LogP contribution in [0.1, 0.15) is 12.8 Å². The summed E-state index contributed by atoms with van der Waals surface area (Å²) in [5.74, 6) is -0.357. The minimum atomic E-state index is -1.85. The van der Waals surface area contributed by atoms with Gasteiger partial charge < -0.3 is 19.9 Å². The summed E-state index contributed by atoms with van der Waals surface area (Å²) in [4.78, 5) is 19.0. The SMILES string of the molecule is NC[C@H]1CN(c2cnc(N3CCC(S(=O)O)CC3)c(F)c2)C(=O)O1. The molecule has 2 aliphatic rings. The summed E-state index contributed by atoms with van der Waals surface area (Å²) in [5, 5.41) is -0.281. The number of hydrogen-bond acceptors (Lipinski definition) is 6. The number of hydrogen-bond donors (Lipinski definition) is 2. The van der Waals surface area contributed by atoms with Crippen molar-refractivity contribution in [2.75, 3.05) is 36.0 Å². The number of cyclic esters (lactones) is 1. The van der Waals surface area contributed by atoms with Crippen molar-refractivity contribution in [2.24, 2.45) is 5.73 Å². The van der Waals surface area contributed by atoms with Gasteiger partial charge in [0.15, 0.2) is 22.7 Å². The Labute approximate surface area is 141 Å². The normalized spacial score (nSPS) is 23.5. The van der Waals surface area contributed by atoms with E-state index >= 15 is 0 Å². The average Bonchev–Trinajstić information content (AvgIpc) is 2.96. The van der Waals surface area contributed by atoms with Crippen LogP contribution in [0.25, 0.3) is 0 Å². The molecule has 8 nitrogen and oxygen atoms in total. The van der Waals surface area contributed by atoms with E-state index in [1.807, 2.05) is 0 Å². The Balaban J connectivity index is 1.72. The maximum Gasteiger partial charge on any atom is 0.414 e. The molecule has 3 rings (SSSR count). The molecule has 2 fully saturated rings. The minimum Gasteiger partial charge on any atom is -0.443 e. The molecule has 0 spiro atoms. The van der Waals surface area contributed by atoms with E-state index in [1.54, 1.807) is 4.90 Å². The molecule has 2 atom stereocenters. The number of carbonyl (C=O) groups is 1. The number of halogens is 1. The molecular weight excluding hydrogens is 339 g/mol. The first-order valence-electron chi connectivity index (χ1n) is 7.68. The molecule has 0 saturated carbocycles. The highest BCUT2D eigenvalue weighted by atomic mass is 32.2. The third kappa shape index (κ3) is 3.35. The van der Waals surface area contributed by atoms with Crippen molar-refractivity contribution in [2.45, 2.75) is 24.2 Å². The number of anilines is 2. The molecule has 2 saturated heterocycles. The molecule has 2 aliphatic heterocycles. The lowest BCUT2D eigenvalue weighted by molar-refractivity contribution is 0.145. The second kappa shape index (κ2) is 6.99. The van der Waals surface area contributed by atoms with Gasteiger partial charge >= 0.3 is 6.09 Å². The van der Waals surface area contributed by atoms with Gasteiger partial charge in [-0.05, 0) is 12.8 Å². The molecule has 1 aromatic heterocycles. The Hall–Kier alpha value is -1.78. The highest BCUT2D eigenvalue weighted by molar-refractivity contribution is 7.79. The number of ether oxygens (including phenoxy) is 1. The van der Waals surface area contributed by atoms with Crippen LogP contribution in [0.3, 0.4) is 0 Å².